The van der Waals surface area contributed by atoms with E-state index in [4.69, 9.17) is 10.7 Å². The van der Waals surface area contributed by atoms with E-state index in [9.17, 15) is 0 Å². The summed E-state index contributed by atoms with van der Waals surface area (Å²) in [6.07, 6.45) is 4.06. The topological polar surface area (TPSA) is 35.2 Å². The molecule has 2 nitrogen and oxygen atoms in total. The number of hydrogen-bond donors (Lipinski definition) is 1. The van der Waals surface area contributed by atoms with Crippen molar-refractivity contribution >= 4 is 11.8 Å². The molecule has 0 radical (unpaired) electrons. The Hall–Kier alpha value is 0.270. The average molecular weight is 161 g/mol. The Morgan fingerprint density at radius 3 is 3.10 bits per heavy atom. The van der Waals surface area contributed by atoms with Gasteiger partial charge in [-0.3, -0.25) is 0 Å². The Kier molecular flexibility index (Phi) is 3.52. The summed E-state index contributed by atoms with van der Waals surface area (Å²) < 4.78 is 0. The molecule has 3 heteroatoms. The van der Waals surface area contributed by atoms with Gasteiger partial charge in [-0.2, -0.15) is 11.8 Å². The standard InChI is InChI=1S/C7H15NOS/c1-6(9-8)5-7-3-2-4-10-7/h6-7H,2-5,8H2,1H3. The minimum Gasteiger partial charge on any atom is -0.302 e. The van der Waals surface area contributed by atoms with Gasteiger partial charge in [-0.1, -0.05) is 0 Å². The lowest BCUT2D eigenvalue weighted by Crippen LogP contribution is -2.17. The lowest BCUT2D eigenvalue weighted by molar-refractivity contribution is 0.0604. The van der Waals surface area contributed by atoms with Crippen molar-refractivity contribution in [2.45, 2.75) is 37.5 Å². The predicted molar refractivity (Wildman–Crippen MR) is 44.8 cm³/mol. The van der Waals surface area contributed by atoms with Gasteiger partial charge in [0, 0.05) is 5.25 Å². The Morgan fingerprint density at radius 1 is 1.80 bits per heavy atom. The van der Waals surface area contributed by atoms with Crippen LogP contribution in [0.15, 0.2) is 0 Å². The average Bonchev–Trinajstić information content (AvgIpc) is 2.40. The Morgan fingerprint density at radius 2 is 2.60 bits per heavy atom. The van der Waals surface area contributed by atoms with Crippen LogP contribution in [0, 0.1) is 0 Å². The second-order valence-corrected chi connectivity index (χ2v) is 4.23. The molecule has 10 heavy (non-hydrogen) atoms. The SMILES string of the molecule is CC(CC1CCCS1)ON. The molecule has 1 rings (SSSR count). The van der Waals surface area contributed by atoms with Crippen molar-refractivity contribution in [3.8, 4) is 0 Å². The zero-order chi connectivity index (χ0) is 7.40. The summed E-state index contributed by atoms with van der Waals surface area (Å²) in [5, 5.41) is 0.804. The van der Waals surface area contributed by atoms with Crippen molar-refractivity contribution in [1.82, 2.24) is 0 Å². The minimum atomic E-state index is 0.232. The van der Waals surface area contributed by atoms with Crippen molar-refractivity contribution in [2.75, 3.05) is 5.75 Å². The highest BCUT2D eigenvalue weighted by Gasteiger charge is 2.17. The third kappa shape index (κ3) is 2.48. The molecular weight excluding hydrogens is 146 g/mol. The third-order valence-electron chi connectivity index (χ3n) is 1.85. The van der Waals surface area contributed by atoms with Crippen LogP contribution in [0.3, 0.4) is 0 Å². The normalized spacial score (nSPS) is 28.8. The molecule has 0 saturated carbocycles. The number of rotatable bonds is 3. The van der Waals surface area contributed by atoms with E-state index in [1.165, 1.54) is 18.6 Å². The maximum Gasteiger partial charge on any atom is 0.0769 e. The Labute approximate surface area is 66.5 Å². The molecular formula is C7H15NOS. The molecule has 1 fully saturated rings. The van der Waals surface area contributed by atoms with Gasteiger partial charge in [0.1, 0.15) is 0 Å². The highest BCUT2D eigenvalue weighted by Crippen LogP contribution is 2.29. The predicted octanol–water partition coefficient (Wildman–Crippen LogP) is 1.55. The van der Waals surface area contributed by atoms with E-state index >= 15 is 0 Å². The van der Waals surface area contributed by atoms with Crippen LogP contribution in [0.5, 0.6) is 0 Å². The van der Waals surface area contributed by atoms with E-state index < -0.39 is 0 Å². The smallest absolute Gasteiger partial charge is 0.0769 e. The monoisotopic (exact) mass is 161 g/mol. The first kappa shape index (κ1) is 8.37. The van der Waals surface area contributed by atoms with E-state index in [1.54, 1.807) is 0 Å². The lowest BCUT2D eigenvalue weighted by Gasteiger charge is -2.12. The summed E-state index contributed by atoms with van der Waals surface area (Å²) in [7, 11) is 0. The first-order chi connectivity index (χ1) is 4.83. The first-order valence-corrected chi connectivity index (χ1v) is 4.85. The van der Waals surface area contributed by atoms with E-state index in [2.05, 4.69) is 11.8 Å². The zero-order valence-corrected chi connectivity index (χ0v) is 7.19. The highest BCUT2D eigenvalue weighted by atomic mass is 32.2. The third-order valence-corrected chi connectivity index (χ3v) is 3.28. The van der Waals surface area contributed by atoms with E-state index in [0.29, 0.717) is 0 Å². The fourth-order valence-electron chi connectivity index (χ4n) is 1.26. The summed E-state index contributed by atoms with van der Waals surface area (Å²) in [6.45, 7) is 2.03. The molecule has 0 aromatic carbocycles. The fraction of sp³-hybridized carbons (Fsp3) is 1.00. The second kappa shape index (κ2) is 4.21. The molecule has 0 aromatic heterocycles. The maximum atomic E-state index is 5.04. The van der Waals surface area contributed by atoms with Gasteiger partial charge in [-0.05, 0) is 31.9 Å². The van der Waals surface area contributed by atoms with Crippen LogP contribution in [0.25, 0.3) is 0 Å². The van der Waals surface area contributed by atoms with Gasteiger partial charge in [0.25, 0.3) is 0 Å². The van der Waals surface area contributed by atoms with Crippen LogP contribution in [0.4, 0.5) is 0 Å². The van der Waals surface area contributed by atoms with Gasteiger partial charge in [0.05, 0.1) is 6.10 Å². The summed E-state index contributed by atoms with van der Waals surface area (Å²) in [5.41, 5.74) is 0. The highest BCUT2D eigenvalue weighted by molar-refractivity contribution is 8.00. The molecule has 0 amide bonds. The van der Waals surface area contributed by atoms with Crippen molar-refractivity contribution in [1.29, 1.82) is 0 Å². The summed E-state index contributed by atoms with van der Waals surface area (Å²) in [4.78, 5) is 4.70. The van der Waals surface area contributed by atoms with Crippen LogP contribution in [0.1, 0.15) is 26.2 Å². The summed E-state index contributed by atoms with van der Waals surface area (Å²) in [6, 6.07) is 0. The number of hydrogen-bond acceptors (Lipinski definition) is 3. The van der Waals surface area contributed by atoms with Crippen molar-refractivity contribution in [2.24, 2.45) is 5.90 Å². The quantitative estimate of drug-likeness (QED) is 0.638. The molecule has 1 saturated heterocycles. The number of thioether (sulfide) groups is 1. The van der Waals surface area contributed by atoms with Crippen molar-refractivity contribution in [3.05, 3.63) is 0 Å². The second-order valence-electron chi connectivity index (χ2n) is 2.82. The van der Waals surface area contributed by atoms with Gasteiger partial charge in [-0.25, -0.2) is 5.90 Å². The van der Waals surface area contributed by atoms with Crippen molar-refractivity contribution < 1.29 is 4.84 Å². The fourth-order valence-corrected chi connectivity index (χ4v) is 2.66. The lowest BCUT2D eigenvalue weighted by atomic mass is 10.1. The van der Waals surface area contributed by atoms with Gasteiger partial charge in [0.15, 0.2) is 0 Å². The zero-order valence-electron chi connectivity index (χ0n) is 6.38. The Bertz CT molecular complexity index is 93.6. The first-order valence-electron chi connectivity index (χ1n) is 3.80. The maximum absolute atomic E-state index is 5.04. The molecule has 1 heterocycles. The van der Waals surface area contributed by atoms with Crippen LogP contribution in [-0.4, -0.2) is 17.1 Å². The molecule has 0 aliphatic carbocycles. The molecule has 2 N–H and O–H groups in total. The van der Waals surface area contributed by atoms with E-state index in [-0.39, 0.29) is 6.10 Å². The van der Waals surface area contributed by atoms with Crippen LogP contribution >= 0.6 is 11.8 Å². The molecule has 1 aliphatic heterocycles. The van der Waals surface area contributed by atoms with Crippen LogP contribution in [-0.2, 0) is 4.84 Å². The van der Waals surface area contributed by atoms with Crippen molar-refractivity contribution in [3.63, 3.8) is 0 Å². The number of nitrogens with two attached hydrogens (primary N) is 1. The molecule has 2 atom stereocenters. The molecule has 0 aromatic rings. The van der Waals surface area contributed by atoms with Crippen LogP contribution < -0.4 is 5.90 Å². The van der Waals surface area contributed by atoms with Gasteiger partial charge in [-0.15, -0.1) is 0 Å². The Balaban J connectivity index is 2.11. The van der Waals surface area contributed by atoms with Gasteiger partial charge in [0.2, 0.25) is 0 Å². The summed E-state index contributed by atoms with van der Waals surface area (Å²) >= 11 is 2.05. The largest absolute Gasteiger partial charge is 0.302 e. The molecule has 0 spiro atoms. The minimum absolute atomic E-state index is 0.232. The van der Waals surface area contributed by atoms with Crippen LogP contribution in [0.2, 0.25) is 0 Å². The molecule has 60 valence electrons. The van der Waals surface area contributed by atoms with E-state index in [1.807, 2.05) is 6.92 Å². The summed E-state index contributed by atoms with van der Waals surface area (Å²) in [5.74, 6) is 6.36. The van der Waals surface area contributed by atoms with Gasteiger partial charge < -0.3 is 4.84 Å². The molecule has 2 unspecified atom stereocenters. The van der Waals surface area contributed by atoms with E-state index in [0.717, 1.165) is 11.7 Å². The molecule has 1 aliphatic rings. The molecule has 0 bridgehead atoms. The van der Waals surface area contributed by atoms with Gasteiger partial charge >= 0.3 is 0 Å².